The van der Waals surface area contributed by atoms with Crippen LogP contribution in [-0.4, -0.2) is 58.6 Å². The second-order valence-electron chi connectivity index (χ2n) is 4.32. The van der Waals surface area contributed by atoms with Crippen molar-refractivity contribution in [3.8, 4) is 17.2 Å². The minimum absolute atomic E-state index is 0.628. The topological polar surface area (TPSA) is 40.2 Å². The lowest BCUT2D eigenvalue weighted by Gasteiger charge is -2.26. The molecule has 1 heterocycles. The monoisotopic (exact) mass is 267 g/mol. The van der Waals surface area contributed by atoms with Crippen molar-refractivity contribution in [3.05, 3.63) is 18.2 Å². The fourth-order valence-electron chi connectivity index (χ4n) is 2.01. The maximum absolute atomic E-state index is 5.79. The molecular formula is C14H21NO4. The maximum Gasteiger partial charge on any atom is 0.164 e. The highest BCUT2D eigenvalue weighted by atomic mass is 16.5. The molecule has 106 valence electrons. The Kier molecular flexibility index (Phi) is 5.30. The molecule has 1 aliphatic rings. The molecule has 0 amide bonds. The van der Waals surface area contributed by atoms with Crippen LogP contribution in [0.3, 0.4) is 0 Å². The molecule has 1 aliphatic heterocycles. The van der Waals surface area contributed by atoms with Gasteiger partial charge in [-0.25, -0.2) is 0 Å². The fourth-order valence-corrected chi connectivity index (χ4v) is 2.01. The number of methoxy groups -OCH3 is 2. The van der Waals surface area contributed by atoms with Gasteiger partial charge in [0.05, 0.1) is 27.4 Å². The molecule has 0 atom stereocenters. The molecule has 0 aromatic heterocycles. The number of ether oxygens (including phenoxy) is 4. The SMILES string of the molecule is COc1ccc(OC)c(OCCN2CCOCC2)c1. The second-order valence-corrected chi connectivity index (χ2v) is 4.32. The maximum atomic E-state index is 5.79. The van der Waals surface area contributed by atoms with Gasteiger partial charge in [0.2, 0.25) is 0 Å². The minimum Gasteiger partial charge on any atom is -0.497 e. The predicted molar refractivity (Wildman–Crippen MR) is 72.3 cm³/mol. The van der Waals surface area contributed by atoms with Crippen molar-refractivity contribution < 1.29 is 18.9 Å². The molecule has 0 bridgehead atoms. The summed E-state index contributed by atoms with van der Waals surface area (Å²) in [5, 5.41) is 0. The number of nitrogens with zero attached hydrogens (tertiary/aromatic N) is 1. The summed E-state index contributed by atoms with van der Waals surface area (Å²) in [5.74, 6) is 2.21. The summed E-state index contributed by atoms with van der Waals surface area (Å²) in [4.78, 5) is 2.33. The van der Waals surface area contributed by atoms with Gasteiger partial charge in [0, 0.05) is 25.7 Å². The highest BCUT2D eigenvalue weighted by molar-refractivity contribution is 5.45. The van der Waals surface area contributed by atoms with Gasteiger partial charge in [0.25, 0.3) is 0 Å². The van der Waals surface area contributed by atoms with Gasteiger partial charge in [-0.15, -0.1) is 0 Å². The van der Waals surface area contributed by atoms with E-state index < -0.39 is 0 Å². The quantitative estimate of drug-likeness (QED) is 0.779. The van der Waals surface area contributed by atoms with Gasteiger partial charge in [-0.2, -0.15) is 0 Å². The summed E-state index contributed by atoms with van der Waals surface area (Å²) < 4.78 is 21.6. The van der Waals surface area contributed by atoms with E-state index in [0.717, 1.165) is 50.1 Å². The molecule has 0 saturated carbocycles. The molecule has 5 heteroatoms. The third-order valence-corrected chi connectivity index (χ3v) is 3.14. The molecule has 0 radical (unpaired) electrons. The van der Waals surface area contributed by atoms with Gasteiger partial charge in [-0.1, -0.05) is 0 Å². The van der Waals surface area contributed by atoms with Crippen LogP contribution < -0.4 is 14.2 Å². The molecule has 0 spiro atoms. The van der Waals surface area contributed by atoms with E-state index in [1.165, 1.54) is 0 Å². The van der Waals surface area contributed by atoms with Crippen molar-refractivity contribution in [2.24, 2.45) is 0 Å². The van der Waals surface area contributed by atoms with E-state index >= 15 is 0 Å². The van der Waals surface area contributed by atoms with E-state index in [1.54, 1.807) is 14.2 Å². The standard InChI is InChI=1S/C14H21NO4/c1-16-12-3-4-13(17-2)14(11-12)19-10-7-15-5-8-18-9-6-15/h3-4,11H,5-10H2,1-2H3. The lowest BCUT2D eigenvalue weighted by atomic mass is 10.3. The van der Waals surface area contributed by atoms with E-state index in [-0.39, 0.29) is 0 Å². The van der Waals surface area contributed by atoms with Crippen LogP contribution in [0.2, 0.25) is 0 Å². The number of morpholine rings is 1. The first kappa shape index (κ1) is 14.0. The van der Waals surface area contributed by atoms with Crippen molar-refractivity contribution in [1.82, 2.24) is 4.90 Å². The van der Waals surface area contributed by atoms with E-state index in [9.17, 15) is 0 Å². The first-order valence-corrected chi connectivity index (χ1v) is 6.48. The van der Waals surface area contributed by atoms with Crippen molar-refractivity contribution in [3.63, 3.8) is 0 Å². The largest absolute Gasteiger partial charge is 0.497 e. The Balaban J connectivity index is 1.86. The first-order valence-electron chi connectivity index (χ1n) is 6.48. The smallest absolute Gasteiger partial charge is 0.164 e. The van der Waals surface area contributed by atoms with Crippen molar-refractivity contribution in [1.29, 1.82) is 0 Å². The van der Waals surface area contributed by atoms with Gasteiger partial charge in [0.1, 0.15) is 12.4 Å². The summed E-state index contributed by atoms with van der Waals surface area (Å²) in [6.45, 7) is 5.08. The Bertz CT molecular complexity index is 391. The van der Waals surface area contributed by atoms with Gasteiger partial charge in [-0.05, 0) is 12.1 Å². The van der Waals surface area contributed by atoms with Crippen LogP contribution in [0.5, 0.6) is 17.2 Å². The van der Waals surface area contributed by atoms with Crippen LogP contribution in [0.15, 0.2) is 18.2 Å². The minimum atomic E-state index is 0.628. The summed E-state index contributed by atoms with van der Waals surface area (Å²) in [6.07, 6.45) is 0. The zero-order valence-electron chi connectivity index (χ0n) is 11.6. The van der Waals surface area contributed by atoms with Crippen molar-refractivity contribution >= 4 is 0 Å². The first-order chi connectivity index (χ1) is 9.33. The highest BCUT2D eigenvalue weighted by Crippen LogP contribution is 2.31. The third kappa shape index (κ3) is 4.01. The number of rotatable bonds is 6. The molecule has 1 saturated heterocycles. The van der Waals surface area contributed by atoms with Crippen LogP contribution in [0.4, 0.5) is 0 Å². The Hall–Kier alpha value is -1.46. The normalized spacial score (nSPS) is 16.1. The Morgan fingerprint density at radius 2 is 1.89 bits per heavy atom. The summed E-state index contributed by atoms with van der Waals surface area (Å²) >= 11 is 0. The highest BCUT2D eigenvalue weighted by Gasteiger charge is 2.11. The van der Waals surface area contributed by atoms with Crippen LogP contribution in [0.1, 0.15) is 0 Å². The van der Waals surface area contributed by atoms with Crippen LogP contribution in [0.25, 0.3) is 0 Å². The number of hydrogen-bond donors (Lipinski definition) is 0. The molecule has 0 unspecified atom stereocenters. The molecular weight excluding hydrogens is 246 g/mol. The Morgan fingerprint density at radius 1 is 1.11 bits per heavy atom. The van der Waals surface area contributed by atoms with Crippen LogP contribution in [-0.2, 0) is 4.74 Å². The molecule has 1 aromatic carbocycles. The molecule has 0 aliphatic carbocycles. The van der Waals surface area contributed by atoms with Gasteiger partial charge < -0.3 is 18.9 Å². The van der Waals surface area contributed by atoms with Crippen molar-refractivity contribution in [2.75, 3.05) is 53.7 Å². The molecule has 1 fully saturated rings. The predicted octanol–water partition coefficient (Wildman–Crippen LogP) is 1.41. The molecule has 1 aromatic rings. The van der Waals surface area contributed by atoms with Gasteiger partial charge >= 0.3 is 0 Å². The molecule has 0 N–H and O–H groups in total. The summed E-state index contributed by atoms with van der Waals surface area (Å²) in [5.41, 5.74) is 0. The molecule has 2 rings (SSSR count). The third-order valence-electron chi connectivity index (χ3n) is 3.14. The van der Waals surface area contributed by atoms with E-state index in [4.69, 9.17) is 18.9 Å². The number of hydrogen-bond acceptors (Lipinski definition) is 5. The fraction of sp³-hybridized carbons (Fsp3) is 0.571. The zero-order chi connectivity index (χ0) is 13.5. The average molecular weight is 267 g/mol. The lowest BCUT2D eigenvalue weighted by molar-refractivity contribution is 0.0321. The van der Waals surface area contributed by atoms with E-state index in [1.807, 2.05) is 18.2 Å². The molecule has 19 heavy (non-hydrogen) atoms. The van der Waals surface area contributed by atoms with Gasteiger partial charge in [0.15, 0.2) is 11.5 Å². The average Bonchev–Trinajstić information content (AvgIpc) is 2.48. The van der Waals surface area contributed by atoms with E-state index in [2.05, 4.69) is 4.90 Å². The van der Waals surface area contributed by atoms with Crippen LogP contribution >= 0.6 is 0 Å². The summed E-state index contributed by atoms with van der Waals surface area (Å²) in [7, 11) is 3.27. The van der Waals surface area contributed by atoms with Crippen molar-refractivity contribution in [2.45, 2.75) is 0 Å². The van der Waals surface area contributed by atoms with Crippen LogP contribution in [0, 0.1) is 0 Å². The Morgan fingerprint density at radius 3 is 2.58 bits per heavy atom. The molecule has 5 nitrogen and oxygen atoms in total. The van der Waals surface area contributed by atoms with E-state index in [0.29, 0.717) is 6.61 Å². The zero-order valence-corrected chi connectivity index (χ0v) is 11.6. The Labute approximate surface area is 114 Å². The van der Waals surface area contributed by atoms with Gasteiger partial charge in [-0.3, -0.25) is 4.90 Å². The lowest BCUT2D eigenvalue weighted by Crippen LogP contribution is -2.38. The summed E-state index contributed by atoms with van der Waals surface area (Å²) in [6, 6.07) is 5.55. The second kappa shape index (κ2) is 7.21. The number of benzene rings is 1.